The predicted molar refractivity (Wildman–Crippen MR) is 189 cm³/mol. The van der Waals surface area contributed by atoms with Crippen LogP contribution in [0.2, 0.25) is 18.1 Å². The molecule has 244 valence electrons. The van der Waals surface area contributed by atoms with Gasteiger partial charge in [-0.15, -0.1) is 11.8 Å². The van der Waals surface area contributed by atoms with E-state index in [1.165, 1.54) is 11.8 Å². The zero-order valence-electron chi connectivity index (χ0n) is 28.0. The number of pyridine rings is 1. The van der Waals surface area contributed by atoms with E-state index in [-0.39, 0.29) is 23.0 Å². The Morgan fingerprint density at radius 2 is 1.59 bits per heavy atom. The van der Waals surface area contributed by atoms with E-state index in [1.807, 2.05) is 48.7 Å². The van der Waals surface area contributed by atoms with Crippen molar-refractivity contribution in [3.63, 3.8) is 0 Å². The number of carbonyl (C=O) groups is 2. The van der Waals surface area contributed by atoms with Gasteiger partial charge in [0.1, 0.15) is 29.7 Å². The van der Waals surface area contributed by atoms with Crippen molar-refractivity contribution in [2.75, 3.05) is 28.8 Å². The Balaban J connectivity index is 1.42. The minimum absolute atomic E-state index is 0.00595. The first kappa shape index (κ1) is 34.7. The lowest BCUT2D eigenvalue weighted by molar-refractivity contribution is -0.118. The predicted octanol–water partition coefficient (Wildman–Crippen LogP) is 8.68. The standard InChI is InChI=1S/C34H44N6O4SSi/c1-33(2,3)28-21-30(40(39-28)23-13-11-10-12-14-23)38-32(42)36-26-16-15-24(19-27(26)45-7)44-25-17-18-35-29(20-25)37-31(41)22-43-46(8,9)34(4,5)6/h10-21H,22H2,1-9H3,(H,35,37,41)(H2,36,38,42). The van der Waals surface area contributed by atoms with Crippen molar-refractivity contribution < 1.29 is 18.8 Å². The van der Waals surface area contributed by atoms with E-state index in [0.717, 1.165) is 16.3 Å². The summed E-state index contributed by atoms with van der Waals surface area (Å²) < 4.78 is 13.8. The molecule has 3 N–H and O–H groups in total. The van der Waals surface area contributed by atoms with E-state index in [9.17, 15) is 9.59 Å². The number of hydrogen-bond donors (Lipinski definition) is 3. The summed E-state index contributed by atoms with van der Waals surface area (Å²) in [6.07, 6.45) is 3.49. The van der Waals surface area contributed by atoms with Crippen LogP contribution in [0.1, 0.15) is 47.2 Å². The van der Waals surface area contributed by atoms with Crippen LogP contribution < -0.4 is 20.7 Å². The topological polar surface area (TPSA) is 119 Å². The lowest BCUT2D eigenvalue weighted by atomic mass is 9.92. The summed E-state index contributed by atoms with van der Waals surface area (Å²) in [6.45, 7) is 16.8. The maximum Gasteiger partial charge on any atom is 0.324 e. The summed E-state index contributed by atoms with van der Waals surface area (Å²) in [5.74, 6) is 1.73. The second-order valence-electron chi connectivity index (χ2n) is 13.4. The van der Waals surface area contributed by atoms with Crippen LogP contribution in [-0.4, -0.2) is 47.9 Å². The zero-order chi connectivity index (χ0) is 33.7. The van der Waals surface area contributed by atoms with Crippen molar-refractivity contribution in [1.82, 2.24) is 14.8 Å². The van der Waals surface area contributed by atoms with E-state index in [4.69, 9.17) is 14.3 Å². The number of carbonyl (C=O) groups excluding carboxylic acids is 2. The Hall–Kier alpha value is -4.13. The van der Waals surface area contributed by atoms with Crippen molar-refractivity contribution in [3.05, 3.63) is 78.6 Å². The number of amides is 3. The minimum atomic E-state index is -2.06. The van der Waals surface area contributed by atoms with Crippen LogP contribution in [0.15, 0.2) is 77.8 Å². The van der Waals surface area contributed by atoms with Gasteiger partial charge in [-0.25, -0.2) is 14.5 Å². The molecular weight excluding hydrogens is 617 g/mol. The first-order valence-electron chi connectivity index (χ1n) is 15.1. The van der Waals surface area contributed by atoms with Gasteiger partial charge in [0.05, 0.1) is 17.1 Å². The number of ether oxygens (including phenoxy) is 1. The molecule has 2 aromatic heterocycles. The first-order chi connectivity index (χ1) is 21.6. The van der Waals surface area contributed by atoms with Crippen molar-refractivity contribution in [3.8, 4) is 17.2 Å². The summed E-state index contributed by atoms with van der Waals surface area (Å²) >= 11 is 1.48. The third-order valence-corrected chi connectivity index (χ3v) is 13.0. The number of para-hydroxylation sites is 1. The molecule has 0 atom stereocenters. The third kappa shape index (κ3) is 8.99. The molecule has 4 rings (SSSR count). The monoisotopic (exact) mass is 660 g/mol. The van der Waals surface area contributed by atoms with Gasteiger partial charge in [0.2, 0.25) is 5.91 Å². The van der Waals surface area contributed by atoms with Crippen molar-refractivity contribution in [2.45, 2.75) is 70.0 Å². The van der Waals surface area contributed by atoms with Gasteiger partial charge in [-0.3, -0.25) is 10.1 Å². The van der Waals surface area contributed by atoms with Gasteiger partial charge in [-0.2, -0.15) is 5.10 Å². The Morgan fingerprint density at radius 3 is 2.24 bits per heavy atom. The Kier molecular flexibility index (Phi) is 10.6. The van der Waals surface area contributed by atoms with E-state index >= 15 is 0 Å². The van der Waals surface area contributed by atoms with Crippen molar-refractivity contribution in [1.29, 1.82) is 0 Å². The zero-order valence-corrected chi connectivity index (χ0v) is 29.8. The summed E-state index contributed by atoms with van der Waals surface area (Å²) in [5, 5.41) is 13.5. The summed E-state index contributed by atoms with van der Waals surface area (Å²) in [4.78, 5) is 30.8. The number of anilines is 3. The molecule has 0 aliphatic rings. The third-order valence-electron chi connectivity index (χ3n) is 7.75. The summed E-state index contributed by atoms with van der Waals surface area (Å²) in [7, 11) is -2.06. The average molecular weight is 661 g/mol. The van der Waals surface area contributed by atoms with Crippen LogP contribution in [0.5, 0.6) is 11.5 Å². The number of urea groups is 1. The quantitative estimate of drug-likeness (QED) is 0.115. The number of aromatic nitrogens is 3. The summed E-state index contributed by atoms with van der Waals surface area (Å²) in [6, 6.07) is 20.0. The van der Waals surface area contributed by atoms with E-state index in [2.05, 4.69) is 75.6 Å². The van der Waals surface area contributed by atoms with Gasteiger partial charge < -0.3 is 19.8 Å². The molecule has 0 saturated heterocycles. The first-order valence-corrected chi connectivity index (χ1v) is 19.2. The van der Waals surface area contributed by atoms with Crippen molar-refractivity contribution >= 4 is 49.3 Å². The molecule has 2 aromatic carbocycles. The highest BCUT2D eigenvalue weighted by Crippen LogP contribution is 2.37. The van der Waals surface area contributed by atoms with Crippen LogP contribution in [0.4, 0.5) is 22.1 Å². The van der Waals surface area contributed by atoms with Crippen LogP contribution in [0, 0.1) is 0 Å². The lowest BCUT2D eigenvalue weighted by Gasteiger charge is -2.35. The van der Waals surface area contributed by atoms with Crippen molar-refractivity contribution in [2.24, 2.45) is 0 Å². The average Bonchev–Trinajstić information content (AvgIpc) is 3.41. The van der Waals surface area contributed by atoms with E-state index in [1.54, 1.807) is 35.1 Å². The van der Waals surface area contributed by atoms with Gasteiger partial charge in [0, 0.05) is 28.6 Å². The molecule has 0 fully saturated rings. The second kappa shape index (κ2) is 14.1. The van der Waals surface area contributed by atoms with Gasteiger partial charge in [-0.1, -0.05) is 59.7 Å². The van der Waals surface area contributed by atoms with Crippen LogP contribution in [-0.2, 0) is 14.6 Å². The fourth-order valence-corrected chi connectivity index (χ4v) is 5.53. The SMILES string of the molecule is CSc1cc(Oc2ccnc(NC(=O)CO[Si](C)(C)C(C)(C)C)c2)ccc1NC(=O)Nc1cc(C(C)(C)C)nn1-c1ccccc1. The smallest absolute Gasteiger partial charge is 0.324 e. The number of nitrogens with one attached hydrogen (secondary N) is 3. The lowest BCUT2D eigenvalue weighted by Crippen LogP contribution is -2.42. The Labute approximate surface area is 276 Å². The highest BCUT2D eigenvalue weighted by molar-refractivity contribution is 7.98. The highest BCUT2D eigenvalue weighted by Gasteiger charge is 2.37. The van der Waals surface area contributed by atoms with Gasteiger partial charge in [0.15, 0.2) is 8.32 Å². The molecular formula is C34H44N6O4SSi. The van der Waals surface area contributed by atoms with Gasteiger partial charge >= 0.3 is 6.03 Å². The van der Waals surface area contributed by atoms with E-state index in [0.29, 0.717) is 28.8 Å². The largest absolute Gasteiger partial charge is 0.457 e. The fraction of sp³-hybridized carbons (Fsp3) is 0.353. The molecule has 0 radical (unpaired) electrons. The molecule has 10 nitrogen and oxygen atoms in total. The minimum Gasteiger partial charge on any atom is -0.457 e. The summed E-state index contributed by atoms with van der Waals surface area (Å²) in [5.41, 5.74) is 2.13. The number of benzene rings is 2. The van der Waals surface area contributed by atoms with Crippen LogP contribution >= 0.6 is 11.8 Å². The maximum absolute atomic E-state index is 13.2. The number of rotatable bonds is 10. The van der Waals surface area contributed by atoms with E-state index < -0.39 is 14.3 Å². The molecule has 0 saturated carbocycles. The Bertz CT molecular complexity index is 1680. The molecule has 2 heterocycles. The molecule has 0 spiro atoms. The normalized spacial score (nSPS) is 12.0. The highest BCUT2D eigenvalue weighted by atomic mass is 32.2. The molecule has 0 aliphatic carbocycles. The number of nitrogens with zero attached hydrogens (tertiary/aromatic N) is 3. The molecule has 0 unspecified atom stereocenters. The fourth-order valence-electron chi connectivity index (χ4n) is 4.03. The van der Waals surface area contributed by atoms with Crippen LogP contribution in [0.3, 0.4) is 0 Å². The number of hydrogen-bond acceptors (Lipinski definition) is 7. The maximum atomic E-state index is 13.2. The molecule has 0 aliphatic heterocycles. The molecule has 12 heteroatoms. The molecule has 0 bridgehead atoms. The second-order valence-corrected chi connectivity index (χ2v) is 19.1. The number of thioether (sulfide) groups is 1. The van der Waals surface area contributed by atoms with Gasteiger partial charge in [-0.05, 0) is 60.8 Å². The van der Waals surface area contributed by atoms with Gasteiger partial charge in [0.25, 0.3) is 0 Å². The molecule has 3 amide bonds. The van der Waals surface area contributed by atoms with Crippen LogP contribution in [0.25, 0.3) is 5.69 Å². The Morgan fingerprint density at radius 1 is 0.891 bits per heavy atom. The molecule has 4 aromatic rings. The molecule has 46 heavy (non-hydrogen) atoms.